The van der Waals surface area contributed by atoms with Crippen molar-refractivity contribution in [2.75, 3.05) is 12.4 Å². The summed E-state index contributed by atoms with van der Waals surface area (Å²) in [5, 5.41) is 8.96. The third kappa shape index (κ3) is 4.70. The van der Waals surface area contributed by atoms with Crippen molar-refractivity contribution in [1.29, 1.82) is 0 Å². The normalized spacial score (nSPS) is 12.7. The fraction of sp³-hybridized carbons (Fsp3) is 0.714. The van der Waals surface area contributed by atoms with Crippen molar-refractivity contribution in [1.82, 2.24) is 0 Å². The highest BCUT2D eigenvalue weighted by Crippen LogP contribution is 1.99. The zero-order valence-corrected chi connectivity index (χ0v) is 7.10. The topological polar surface area (TPSA) is 29.5 Å². The number of ether oxygens (including phenoxy) is 1. The quantitative estimate of drug-likeness (QED) is 0.470. The standard InChI is InChI=1S/C7H14O2S/c1-3-6(2)9-4-7(8)5-10/h7-8,10H,2-5H2,1H3. The van der Waals surface area contributed by atoms with E-state index in [0.29, 0.717) is 18.1 Å². The first-order valence-corrected chi connectivity index (χ1v) is 3.93. The molecule has 0 aromatic carbocycles. The van der Waals surface area contributed by atoms with E-state index < -0.39 is 6.10 Å². The maximum atomic E-state index is 8.96. The lowest BCUT2D eigenvalue weighted by Crippen LogP contribution is -2.16. The molecule has 0 bridgehead atoms. The molecule has 1 unspecified atom stereocenters. The van der Waals surface area contributed by atoms with Gasteiger partial charge in [-0.1, -0.05) is 13.5 Å². The maximum absolute atomic E-state index is 8.96. The van der Waals surface area contributed by atoms with Crippen molar-refractivity contribution in [3.8, 4) is 0 Å². The van der Waals surface area contributed by atoms with E-state index in [4.69, 9.17) is 9.84 Å². The van der Waals surface area contributed by atoms with E-state index in [-0.39, 0.29) is 0 Å². The first-order chi connectivity index (χ1) is 4.70. The van der Waals surface area contributed by atoms with E-state index in [1.165, 1.54) is 0 Å². The average Bonchev–Trinajstić information content (AvgIpc) is 1.99. The molecule has 0 heterocycles. The van der Waals surface area contributed by atoms with Gasteiger partial charge in [0.25, 0.3) is 0 Å². The average molecular weight is 162 g/mol. The molecule has 2 nitrogen and oxygen atoms in total. The van der Waals surface area contributed by atoms with Gasteiger partial charge in [0.15, 0.2) is 0 Å². The predicted octanol–water partition coefficient (Wildman–Crippen LogP) is 1.22. The van der Waals surface area contributed by atoms with Crippen LogP contribution in [0, 0.1) is 0 Å². The van der Waals surface area contributed by atoms with E-state index in [1.54, 1.807) is 0 Å². The largest absolute Gasteiger partial charge is 0.496 e. The molecular formula is C7H14O2S. The summed E-state index contributed by atoms with van der Waals surface area (Å²) in [7, 11) is 0. The molecule has 0 saturated heterocycles. The van der Waals surface area contributed by atoms with Gasteiger partial charge in [-0.2, -0.15) is 12.6 Å². The van der Waals surface area contributed by atoms with E-state index in [1.807, 2.05) is 6.92 Å². The lowest BCUT2D eigenvalue weighted by molar-refractivity contribution is 0.0848. The molecule has 0 aliphatic heterocycles. The molecule has 0 aromatic rings. The van der Waals surface area contributed by atoms with Crippen molar-refractivity contribution < 1.29 is 9.84 Å². The van der Waals surface area contributed by atoms with Gasteiger partial charge in [0.1, 0.15) is 6.61 Å². The number of hydrogen-bond acceptors (Lipinski definition) is 3. The second-order valence-electron chi connectivity index (χ2n) is 2.04. The summed E-state index contributed by atoms with van der Waals surface area (Å²) in [6.45, 7) is 5.88. The minimum atomic E-state index is -0.480. The molecule has 0 rings (SSSR count). The summed E-state index contributed by atoms with van der Waals surface area (Å²) in [6, 6.07) is 0. The highest BCUT2D eigenvalue weighted by molar-refractivity contribution is 7.80. The van der Waals surface area contributed by atoms with Crippen molar-refractivity contribution in [3.63, 3.8) is 0 Å². The molecule has 0 radical (unpaired) electrons. The lowest BCUT2D eigenvalue weighted by Gasteiger charge is -2.09. The van der Waals surface area contributed by atoms with Crippen molar-refractivity contribution in [2.24, 2.45) is 0 Å². The van der Waals surface area contributed by atoms with Crippen LogP contribution in [0.2, 0.25) is 0 Å². The van der Waals surface area contributed by atoms with Crippen LogP contribution >= 0.6 is 12.6 Å². The zero-order chi connectivity index (χ0) is 7.98. The third-order valence-corrected chi connectivity index (χ3v) is 1.51. The molecule has 10 heavy (non-hydrogen) atoms. The summed E-state index contributed by atoms with van der Waals surface area (Å²) >= 11 is 3.89. The van der Waals surface area contributed by atoms with Crippen LogP contribution in [0.15, 0.2) is 12.3 Å². The van der Waals surface area contributed by atoms with Crippen molar-refractivity contribution in [2.45, 2.75) is 19.4 Å². The molecule has 1 N–H and O–H groups in total. The minimum Gasteiger partial charge on any atom is -0.496 e. The Kier molecular flexibility index (Phi) is 5.54. The van der Waals surface area contributed by atoms with Crippen LogP contribution in [-0.2, 0) is 4.74 Å². The fourth-order valence-corrected chi connectivity index (χ4v) is 0.474. The van der Waals surface area contributed by atoms with Crippen LogP contribution in [-0.4, -0.2) is 23.6 Å². The molecule has 0 fully saturated rings. The molecule has 1 atom stereocenters. The molecule has 0 saturated carbocycles. The molecule has 60 valence electrons. The summed E-state index contributed by atoms with van der Waals surface area (Å²) in [6.07, 6.45) is 0.311. The number of allylic oxidation sites excluding steroid dienone is 1. The van der Waals surface area contributed by atoms with Gasteiger partial charge < -0.3 is 9.84 Å². The summed E-state index contributed by atoms with van der Waals surface area (Å²) < 4.78 is 5.05. The summed E-state index contributed by atoms with van der Waals surface area (Å²) in [5.41, 5.74) is 0. The number of hydrogen-bond donors (Lipinski definition) is 2. The van der Waals surface area contributed by atoms with Crippen LogP contribution in [0.3, 0.4) is 0 Å². The van der Waals surface area contributed by atoms with Gasteiger partial charge in [-0.15, -0.1) is 0 Å². The van der Waals surface area contributed by atoms with Crippen LogP contribution in [0.4, 0.5) is 0 Å². The number of thiol groups is 1. The Hall–Kier alpha value is -0.150. The van der Waals surface area contributed by atoms with Gasteiger partial charge in [-0.05, 0) is 0 Å². The monoisotopic (exact) mass is 162 g/mol. The van der Waals surface area contributed by atoms with Crippen molar-refractivity contribution >= 4 is 12.6 Å². The number of aliphatic hydroxyl groups excluding tert-OH is 1. The fourth-order valence-electron chi connectivity index (χ4n) is 0.369. The first kappa shape index (κ1) is 9.85. The van der Waals surface area contributed by atoms with Gasteiger partial charge in [0.05, 0.1) is 11.9 Å². The Labute approximate surface area is 67.3 Å². The molecular weight excluding hydrogens is 148 g/mol. The minimum absolute atomic E-state index is 0.302. The third-order valence-electron chi connectivity index (χ3n) is 1.08. The molecule has 0 aliphatic carbocycles. The van der Waals surface area contributed by atoms with Crippen LogP contribution < -0.4 is 0 Å². The Morgan fingerprint density at radius 2 is 2.40 bits per heavy atom. The van der Waals surface area contributed by atoms with Gasteiger partial charge in [0.2, 0.25) is 0 Å². The number of rotatable bonds is 5. The Bertz CT molecular complexity index is 104. The van der Waals surface area contributed by atoms with E-state index in [9.17, 15) is 0 Å². The lowest BCUT2D eigenvalue weighted by atomic mass is 10.4. The molecule has 0 aromatic heterocycles. The Balaban J connectivity index is 3.26. The smallest absolute Gasteiger partial charge is 0.114 e. The molecule has 3 heteroatoms. The summed E-state index contributed by atoms with van der Waals surface area (Å²) in [5.74, 6) is 1.14. The van der Waals surface area contributed by atoms with Gasteiger partial charge in [0, 0.05) is 12.2 Å². The summed E-state index contributed by atoms with van der Waals surface area (Å²) in [4.78, 5) is 0. The molecule has 0 amide bonds. The van der Waals surface area contributed by atoms with E-state index >= 15 is 0 Å². The van der Waals surface area contributed by atoms with Crippen LogP contribution in [0.25, 0.3) is 0 Å². The zero-order valence-electron chi connectivity index (χ0n) is 6.21. The van der Waals surface area contributed by atoms with Gasteiger partial charge in [-0.3, -0.25) is 0 Å². The maximum Gasteiger partial charge on any atom is 0.114 e. The Morgan fingerprint density at radius 3 is 2.80 bits per heavy atom. The highest BCUT2D eigenvalue weighted by atomic mass is 32.1. The predicted molar refractivity (Wildman–Crippen MR) is 45.2 cm³/mol. The SMILES string of the molecule is C=C(CC)OCC(O)CS. The second-order valence-corrected chi connectivity index (χ2v) is 2.40. The van der Waals surface area contributed by atoms with Crippen molar-refractivity contribution in [3.05, 3.63) is 12.3 Å². The highest BCUT2D eigenvalue weighted by Gasteiger charge is 2.00. The molecule has 0 aliphatic rings. The Morgan fingerprint density at radius 1 is 1.80 bits per heavy atom. The van der Waals surface area contributed by atoms with E-state index in [2.05, 4.69) is 19.2 Å². The molecule has 0 spiro atoms. The van der Waals surface area contributed by atoms with Crippen LogP contribution in [0.1, 0.15) is 13.3 Å². The van der Waals surface area contributed by atoms with Crippen LogP contribution in [0.5, 0.6) is 0 Å². The second kappa shape index (κ2) is 5.62. The van der Waals surface area contributed by atoms with Gasteiger partial charge in [-0.25, -0.2) is 0 Å². The van der Waals surface area contributed by atoms with Gasteiger partial charge >= 0.3 is 0 Å². The number of aliphatic hydroxyl groups is 1. The van der Waals surface area contributed by atoms with E-state index in [0.717, 1.165) is 6.42 Å². The first-order valence-electron chi connectivity index (χ1n) is 3.30.